The Morgan fingerprint density at radius 1 is 0.972 bits per heavy atom. The second kappa shape index (κ2) is 11.6. The van der Waals surface area contributed by atoms with Gasteiger partial charge in [-0.25, -0.2) is 0 Å². The minimum Gasteiger partial charge on any atom is -0.481 e. The third-order valence-corrected chi connectivity index (χ3v) is 7.02. The Morgan fingerprint density at radius 3 is 2.56 bits per heavy atom. The summed E-state index contributed by atoms with van der Waals surface area (Å²) in [4.78, 5) is 37.3. The van der Waals surface area contributed by atoms with Gasteiger partial charge in [0.2, 0.25) is 5.91 Å². The number of anilines is 1. The van der Waals surface area contributed by atoms with Gasteiger partial charge in [0, 0.05) is 18.7 Å². The summed E-state index contributed by atoms with van der Waals surface area (Å²) in [5.74, 6) is -1.54. The Morgan fingerprint density at radius 2 is 1.78 bits per heavy atom. The number of fused-ring (bicyclic) bond motifs is 1. The van der Waals surface area contributed by atoms with Crippen molar-refractivity contribution in [3.05, 3.63) is 99.7 Å². The van der Waals surface area contributed by atoms with Crippen LogP contribution >= 0.6 is 11.3 Å². The first kappa shape index (κ1) is 25.1. The van der Waals surface area contributed by atoms with Crippen molar-refractivity contribution in [2.75, 3.05) is 5.32 Å². The summed E-state index contributed by atoms with van der Waals surface area (Å²) in [6.07, 6.45) is 1.04. The first-order valence-electron chi connectivity index (χ1n) is 11.9. The van der Waals surface area contributed by atoms with E-state index < -0.39 is 11.9 Å². The molecule has 0 radical (unpaired) electrons. The molecular formula is C29H28N2O4S. The molecule has 7 heteroatoms. The topological polar surface area (TPSA) is 95.5 Å². The molecular weight excluding hydrogens is 472 g/mol. The number of aryl methyl sites for hydroxylation is 1. The average molecular weight is 501 g/mol. The summed E-state index contributed by atoms with van der Waals surface area (Å²) in [7, 11) is 0. The van der Waals surface area contributed by atoms with E-state index in [2.05, 4.69) is 10.6 Å². The van der Waals surface area contributed by atoms with E-state index in [0.29, 0.717) is 30.0 Å². The highest BCUT2D eigenvalue weighted by molar-refractivity contribution is 7.12. The molecule has 3 N–H and O–H groups in total. The van der Waals surface area contributed by atoms with Gasteiger partial charge < -0.3 is 15.7 Å². The number of hydrogen-bond donors (Lipinski definition) is 3. The Bertz CT molecular complexity index is 1380. The smallest absolute Gasteiger partial charge is 0.303 e. The summed E-state index contributed by atoms with van der Waals surface area (Å²) in [6.45, 7) is 2.19. The molecule has 4 aromatic rings. The molecule has 184 valence electrons. The third kappa shape index (κ3) is 6.17. The van der Waals surface area contributed by atoms with E-state index in [1.807, 2.05) is 79.0 Å². The van der Waals surface area contributed by atoms with Gasteiger partial charge in [0.15, 0.2) is 0 Å². The number of carbonyl (C=O) groups is 3. The molecule has 3 aromatic carbocycles. The van der Waals surface area contributed by atoms with Crippen LogP contribution in [0.4, 0.5) is 5.69 Å². The molecule has 6 nitrogen and oxygen atoms in total. The summed E-state index contributed by atoms with van der Waals surface area (Å²) < 4.78 is 0. The van der Waals surface area contributed by atoms with Crippen LogP contribution in [0.1, 0.15) is 52.0 Å². The number of hydrogen-bond acceptors (Lipinski definition) is 4. The molecule has 0 saturated carbocycles. The predicted molar refractivity (Wildman–Crippen MR) is 143 cm³/mol. The molecule has 0 aliphatic carbocycles. The molecule has 4 rings (SSSR count). The number of aliphatic carboxylic acids is 1. The maximum atomic E-state index is 13.4. The first-order chi connectivity index (χ1) is 17.4. The van der Waals surface area contributed by atoms with Crippen molar-refractivity contribution >= 4 is 45.6 Å². The van der Waals surface area contributed by atoms with Crippen molar-refractivity contribution in [3.8, 4) is 0 Å². The number of benzene rings is 3. The van der Waals surface area contributed by atoms with Crippen molar-refractivity contribution in [1.29, 1.82) is 0 Å². The number of carboxylic acid groups (broad SMARTS) is 1. The van der Waals surface area contributed by atoms with Crippen LogP contribution in [-0.4, -0.2) is 22.9 Å². The number of carboxylic acids is 1. The fourth-order valence-corrected chi connectivity index (χ4v) is 4.83. The van der Waals surface area contributed by atoms with Gasteiger partial charge in [-0.15, -0.1) is 11.3 Å². The standard InChI is InChI=1S/C29H28N2O4S/c1-19(23-11-4-8-21-7-2-3-10-24(21)23)28(34)31-25-17-20(14-15-22(25)9-5-13-27(32)33)18-30-29(35)26-12-6-16-36-26/h2-4,6-8,10-12,14-17,19H,5,9,13,18H2,1H3,(H,30,35)(H,31,34)(H,32,33). The first-order valence-corrected chi connectivity index (χ1v) is 12.7. The van der Waals surface area contributed by atoms with E-state index in [0.717, 1.165) is 27.5 Å². The van der Waals surface area contributed by atoms with Crippen molar-refractivity contribution in [1.82, 2.24) is 5.32 Å². The van der Waals surface area contributed by atoms with E-state index >= 15 is 0 Å². The van der Waals surface area contributed by atoms with Crippen molar-refractivity contribution in [3.63, 3.8) is 0 Å². The van der Waals surface area contributed by atoms with Gasteiger partial charge in [-0.3, -0.25) is 14.4 Å². The molecule has 2 amide bonds. The Balaban J connectivity index is 1.54. The van der Waals surface area contributed by atoms with Gasteiger partial charge in [0.25, 0.3) is 5.91 Å². The molecule has 0 aliphatic heterocycles. The van der Waals surface area contributed by atoms with Crippen LogP contribution in [-0.2, 0) is 22.6 Å². The number of nitrogens with one attached hydrogen (secondary N) is 2. The second-order valence-corrected chi connectivity index (χ2v) is 9.63. The monoisotopic (exact) mass is 500 g/mol. The van der Waals surface area contributed by atoms with Crippen LogP contribution in [0.25, 0.3) is 10.8 Å². The summed E-state index contributed by atoms with van der Waals surface area (Å²) in [5.41, 5.74) is 3.29. The quantitative estimate of drug-likeness (QED) is 0.250. The highest BCUT2D eigenvalue weighted by Gasteiger charge is 2.19. The number of amides is 2. The Hall–Kier alpha value is -3.97. The number of thiophene rings is 1. The molecule has 0 fully saturated rings. The predicted octanol–water partition coefficient (Wildman–Crippen LogP) is 5.98. The highest BCUT2D eigenvalue weighted by atomic mass is 32.1. The van der Waals surface area contributed by atoms with E-state index in [1.54, 1.807) is 6.07 Å². The lowest BCUT2D eigenvalue weighted by Crippen LogP contribution is -2.23. The van der Waals surface area contributed by atoms with Gasteiger partial charge in [-0.05, 0) is 64.7 Å². The van der Waals surface area contributed by atoms with Crippen LogP contribution in [0, 0.1) is 0 Å². The zero-order chi connectivity index (χ0) is 25.5. The lowest BCUT2D eigenvalue weighted by molar-refractivity contribution is -0.137. The van der Waals surface area contributed by atoms with E-state index in [9.17, 15) is 14.4 Å². The van der Waals surface area contributed by atoms with Crippen LogP contribution in [0.5, 0.6) is 0 Å². The highest BCUT2D eigenvalue weighted by Crippen LogP contribution is 2.28. The van der Waals surface area contributed by atoms with E-state index in [-0.39, 0.29) is 18.2 Å². The maximum absolute atomic E-state index is 13.4. The lowest BCUT2D eigenvalue weighted by Gasteiger charge is -2.18. The summed E-state index contributed by atoms with van der Waals surface area (Å²) in [6, 6.07) is 23.2. The van der Waals surface area contributed by atoms with Crippen LogP contribution in [0.3, 0.4) is 0 Å². The summed E-state index contributed by atoms with van der Waals surface area (Å²) in [5, 5.41) is 19.0. The number of carbonyl (C=O) groups excluding carboxylic acids is 2. The summed E-state index contributed by atoms with van der Waals surface area (Å²) >= 11 is 1.38. The van der Waals surface area contributed by atoms with Crippen LogP contribution in [0.15, 0.2) is 78.2 Å². The largest absolute Gasteiger partial charge is 0.481 e. The van der Waals surface area contributed by atoms with Gasteiger partial charge in [-0.2, -0.15) is 0 Å². The normalized spacial score (nSPS) is 11.7. The van der Waals surface area contributed by atoms with Crippen molar-refractivity contribution in [2.24, 2.45) is 0 Å². The van der Waals surface area contributed by atoms with Gasteiger partial charge in [0.1, 0.15) is 0 Å². The molecule has 0 spiro atoms. The molecule has 1 atom stereocenters. The van der Waals surface area contributed by atoms with E-state index in [4.69, 9.17) is 5.11 Å². The fourth-order valence-electron chi connectivity index (χ4n) is 4.19. The minimum absolute atomic E-state index is 0.0540. The maximum Gasteiger partial charge on any atom is 0.303 e. The lowest BCUT2D eigenvalue weighted by atomic mass is 9.94. The fraction of sp³-hybridized carbons (Fsp3) is 0.207. The Labute approximate surface area is 214 Å². The van der Waals surface area contributed by atoms with Gasteiger partial charge >= 0.3 is 5.97 Å². The average Bonchev–Trinajstić information content (AvgIpc) is 3.42. The van der Waals surface area contributed by atoms with Crippen molar-refractivity contribution < 1.29 is 19.5 Å². The van der Waals surface area contributed by atoms with E-state index in [1.165, 1.54) is 11.3 Å². The second-order valence-electron chi connectivity index (χ2n) is 8.68. The van der Waals surface area contributed by atoms with Crippen LogP contribution < -0.4 is 10.6 Å². The molecule has 1 heterocycles. The zero-order valence-corrected chi connectivity index (χ0v) is 20.8. The SMILES string of the molecule is CC(C(=O)Nc1cc(CNC(=O)c2cccs2)ccc1CCCC(=O)O)c1cccc2ccccc12. The van der Waals surface area contributed by atoms with Gasteiger partial charge in [0.05, 0.1) is 10.8 Å². The molecule has 1 unspecified atom stereocenters. The molecule has 0 aliphatic rings. The Kier molecular flexibility index (Phi) is 8.13. The third-order valence-electron chi connectivity index (χ3n) is 6.15. The minimum atomic E-state index is -0.849. The zero-order valence-electron chi connectivity index (χ0n) is 20.0. The molecule has 0 bridgehead atoms. The molecule has 1 aromatic heterocycles. The van der Waals surface area contributed by atoms with Crippen LogP contribution in [0.2, 0.25) is 0 Å². The van der Waals surface area contributed by atoms with Gasteiger partial charge in [-0.1, -0.05) is 60.7 Å². The van der Waals surface area contributed by atoms with Crippen molar-refractivity contribution in [2.45, 2.75) is 38.6 Å². The molecule has 0 saturated heterocycles. The molecule has 36 heavy (non-hydrogen) atoms. The number of rotatable bonds is 10.